The van der Waals surface area contributed by atoms with Crippen LogP contribution in [0.4, 0.5) is 5.69 Å². The van der Waals surface area contributed by atoms with Crippen molar-refractivity contribution in [3.8, 4) is 5.75 Å². The van der Waals surface area contributed by atoms with Crippen LogP contribution in [-0.4, -0.2) is 33.5 Å². The number of thioether (sulfide) groups is 1. The van der Waals surface area contributed by atoms with Crippen molar-refractivity contribution in [2.75, 3.05) is 11.9 Å². The Hall–Kier alpha value is -2.41. The van der Waals surface area contributed by atoms with Crippen molar-refractivity contribution in [2.24, 2.45) is 0 Å². The number of benzene rings is 1. The molecule has 0 radical (unpaired) electrons. The second kappa shape index (κ2) is 6.37. The van der Waals surface area contributed by atoms with E-state index in [2.05, 4.69) is 15.3 Å². The highest BCUT2D eigenvalue weighted by Gasteiger charge is 2.21. The van der Waals surface area contributed by atoms with E-state index < -0.39 is 0 Å². The Balaban J connectivity index is 1.77. The van der Waals surface area contributed by atoms with Crippen LogP contribution in [0, 0.1) is 6.92 Å². The van der Waals surface area contributed by atoms with Crippen molar-refractivity contribution < 1.29 is 14.3 Å². The van der Waals surface area contributed by atoms with Crippen LogP contribution in [0.25, 0.3) is 0 Å². The lowest BCUT2D eigenvalue weighted by Gasteiger charge is -2.19. The fraction of sp³-hybridized carbons (Fsp3) is 0.250. The van der Waals surface area contributed by atoms with E-state index in [1.54, 1.807) is 18.2 Å². The molecule has 1 aromatic heterocycles. The smallest absolute Gasteiger partial charge is 0.262 e. The minimum Gasteiger partial charge on any atom is -0.482 e. The van der Waals surface area contributed by atoms with Crippen molar-refractivity contribution in [1.82, 2.24) is 9.97 Å². The molecule has 2 heterocycles. The molecule has 0 aliphatic carbocycles. The number of nitrogens with zero attached hydrogens (tertiary/aromatic N) is 2. The molecule has 1 N–H and O–H groups in total. The maximum absolute atomic E-state index is 12.6. The van der Waals surface area contributed by atoms with Gasteiger partial charge in [-0.3, -0.25) is 9.59 Å². The topological polar surface area (TPSA) is 81.2 Å². The van der Waals surface area contributed by atoms with Gasteiger partial charge in [-0.1, -0.05) is 11.8 Å². The van der Waals surface area contributed by atoms with Gasteiger partial charge in [0.25, 0.3) is 5.91 Å². The molecule has 1 aliphatic rings. The summed E-state index contributed by atoms with van der Waals surface area (Å²) in [6.07, 6.45) is 1.49. The van der Waals surface area contributed by atoms with Crippen molar-refractivity contribution in [1.29, 1.82) is 0 Å². The number of fused-ring (bicyclic) bond motifs is 1. The Bertz CT molecular complexity index is 779. The van der Waals surface area contributed by atoms with Crippen LogP contribution in [0.5, 0.6) is 5.75 Å². The van der Waals surface area contributed by atoms with Gasteiger partial charge in [0.2, 0.25) is 0 Å². The molecule has 0 bridgehead atoms. The molecule has 0 spiro atoms. The highest BCUT2D eigenvalue weighted by atomic mass is 32.2. The number of Topliss-reactive ketones (excluding diaryl/α,β-unsaturated/α-hetero) is 1. The van der Waals surface area contributed by atoms with Gasteiger partial charge in [0.05, 0.1) is 10.9 Å². The van der Waals surface area contributed by atoms with Gasteiger partial charge in [-0.2, -0.15) is 0 Å². The van der Waals surface area contributed by atoms with Crippen molar-refractivity contribution >= 4 is 29.1 Å². The third-order valence-corrected chi connectivity index (χ3v) is 4.37. The SMILES string of the molecule is Cc1cc(SC(C)C(=O)c2ccc3c(c2)NC(=O)CO3)ncn1. The third kappa shape index (κ3) is 3.50. The molecule has 0 saturated heterocycles. The number of rotatable bonds is 4. The van der Waals surface area contributed by atoms with Gasteiger partial charge in [-0.15, -0.1) is 0 Å². The summed E-state index contributed by atoms with van der Waals surface area (Å²) in [6, 6.07) is 6.90. The Labute approximate surface area is 137 Å². The van der Waals surface area contributed by atoms with Crippen LogP contribution in [-0.2, 0) is 4.79 Å². The maximum Gasteiger partial charge on any atom is 0.262 e. The molecule has 7 heteroatoms. The number of carbonyl (C=O) groups is 2. The molecule has 1 aromatic carbocycles. The number of hydrogen-bond acceptors (Lipinski definition) is 6. The Kier molecular flexibility index (Phi) is 4.29. The number of aromatic nitrogens is 2. The van der Waals surface area contributed by atoms with E-state index in [9.17, 15) is 9.59 Å². The number of aryl methyl sites for hydroxylation is 1. The second-order valence-electron chi connectivity index (χ2n) is 5.17. The fourth-order valence-electron chi connectivity index (χ4n) is 2.20. The molecular formula is C16H15N3O3S. The summed E-state index contributed by atoms with van der Waals surface area (Å²) in [7, 11) is 0. The standard InChI is InChI=1S/C16H15N3O3S/c1-9-5-15(18-8-17-9)23-10(2)16(21)11-3-4-13-12(6-11)19-14(20)7-22-13/h3-6,8,10H,7H2,1-2H3,(H,19,20). The minimum atomic E-state index is -0.303. The van der Waals surface area contributed by atoms with Crippen LogP contribution in [0.3, 0.4) is 0 Å². The average molecular weight is 329 g/mol. The van der Waals surface area contributed by atoms with Gasteiger partial charge < -0.3 is 10.1 Å². The molecule has 1 atom stereocenters. The van der Waals surface area contributed by atoms with E-state index >= 15 is 0 Å². The number of hydrogen-bond donors (Lipinski definition) is 1. The highest BCUT2D eigenvalue weighted by Crippen LogP contribution is 2.30. The predicted molar refractivity (Wildman–Crippen MR) is 87.0 cm³/mol. The normalized spacial score (nSPS) is 14.4. The number of anilines is 1. The number of amides is 1. The molecule has 1 amide bonds. The summed E-state index contributed by atoms with van der Waals surface area (Å²) in [5, 5.41) is 3.16. The predicted octanol–water partition coefficient (Wildman–Crippen LogP) is 2.48. The molecule has 1 aliphatic heterocycles. The van der Waals surface area contributed by atoms with Crippen LogP contribution in [0.1, 0.15) is 23.0 Å². The van der Waals surface area contributed by atoms with E-state index in [-0.39, 0.29) is 23.5 Å². The average Bonchev–Trinajstić information content (AvgIpc) is 2.53. The maximum atomic E-state index is 12.6. The molecular weight excluding hydrogens is 314 g/mol. The van der Waals surface area contributed by atoms with E-state index in [1.165, 1.54) is 18.1 Å². The number of carbonyl (C=O) groups excluding carboxylic acids is 2. The fourth-order valence-corrected chi connectivity index (χ4v) is 3.15. The van der Waals surface area contributed by atoms with E-state index in [4.69, 9.17) is 4.74 Å². The zero-order valence-electron chi connectivity index (χ0n) is 12.7. The van der Waals surface area contributed by atoms with Crippen molar-refractivity contribution in [2.45, 2.75) is 24.1 Å². The van der Waals surface area contributed by atoms with Gasteiger partial charge in [-0.25, -0.2) is 9.97 Å². The summed E-state index contributed by atoms with van der Waals surface area (Å²) < 4.78 is 5.29. The van der Waals surface area contributed by atoms with Crippen molar-refractivity contribution in [3.05, 3.63) is 41.9 Å². The monoisotopic (exact) mass is 329 g/mol. The lowest BCUT2D eigenvalue weighted by molar-refractivity contribution is -0.118. The molecule has 6 nitrogen and oxygen atoms in total. The largest absolute Gasteiger partial charge is 0.482 e. The first-order valence-electron chi connectivity index (χ1n) is 7.09. The van der Waals surface area contributed by atoms with Gasteiger partial charge in [-0.05, 0) is 38.1 Å². The van der Waals surface area contributed by atoms with Crippen LogP contribution in [0.15, 0.2) is 35.6 Å². The Morgan fingerprint density at radius 2 is 2.17 bits per heavy atom. The van der Waals surface area contributed by atoms with E-state index in [1.807, 2.05) is 19.9 Å². The first-order chi connectivity index (χ1) is 11.0. The minimum absolute atomic E-state index is 0.000386. The van der Waals surface area contributed by atoms with Crippen LogP contribution < -0.4 is 10.1 Å². The zero-order chi connectivity index (χ0) is 16.4. The number of ether oxygens (including phenoxy) is 1. The first-order valence-corrected chi connectivity index (χ1v) is 7.97. The molecule has 23 heavy (non-hydrogen) atoms. The van der Waals surface area contributed by atoms with Gasteiger partial charge in [0, 0.05) is 11.3 Å². The summed E-state index contributed by atoms with van der Waals surface area (Å²) in [4.78, 5) is 32.2. The number of ketones is 1. The van der Waals surface area contributed by atoms with Crippen LogP contribution >= 0.6 is 11.8 Å². The summed E-state index contributed by atoms with van der Waals surface area (Å²) in [5.41, 5.74) is 1.92. The molecule has 0 saturated carbocycles. The Morgan fingerprint density at radius 1 is 1.35 bits per heavy atom. The lowest BCUT2D eigenvalue weighted by Crippen LogP contribution is -2.25. The molecule has 118 valence electrons. The summed E-state index contributed by atoms with van der Waals surface area (Å²) in [5.74, 6) is 0.322. The Morgan fingerprint density at radius 3 is 2.96 bits per heavy atom. The van der Waals surface area contributed by atoms with Gasteiger partial charge >= 0.3 is 0 Å². The summed E-state index contributed by atoms with van der Waals surface area (Å²) in [6.45, 7) is 3.71. The van der Waals surface area contributed by atoms with E-state index in [0.717, 1.165) is 10.7 Å². The number of nitrogens with one attached hydrogen (secondary N) is 1. The molecule has 2 aromatic rings. The third-order valence-electron chi connectivity index (χ3n) is 3.34. The molecule has 1 unspecified atom stereocenters. The van der Waals surface area contributed by atoms with Crippen molar-refractivity contribution in [3.63, 3.8) is 0 Å². The molecule has 0 fully saturated rings. The zero-order valence-corrected chi connectivity index (χ0v) is 13.5. The van der Waals surface area contributed by atoms with Crippen LogP contribution in [0.2, 0.25) is 0 Å². The van der Waals surface area contributed by atoms with E-state index in [0.29, 0.717) is 17.0 Å². The summed E-state index contributed by atoms with van der Waals surface area (Å²) >= 11 is 1.38. The van der Waals surface area contributed by atoms with Gasteiger partial charge in [0.15, 0.2) is 12.4 Å². The lowest BCUT2D eigenvalue weighted by atomic mass is 10.1. The second-order valence-corrected chi connectivity index (χ2v) is 6.53. The van der Waals surface area contributed by atoms with Gasteiger partial charge in [0.1, 0.15) is 17.1 Å². The highest BCUT2D eigenvalue weighted by molar-refractivity contribution is 8.00. The molecule has 3 rings (SSSR count). The quantitative estimate of drug-likeness (QED) is 0.527. The first kappa shape index (κ1) is 15.5.